The number of esters is 2. The molecule has 0 aliphatic heterocycles. The molecule has 0 fully saturated rings. The Hall–Kier alpha value is -2.48. The molecule has 0 spiro atoms. The molecule has 16 nitrogen and oxygen atoms in total. The molecular weight excluding hydrogens is 686 g/mol. The van der Waals surface area contributed by atoms with Gasteiger partial charge in [0.15, 0.2) is 0 Å². The fourth-order valence-corrected chi connectivity index (χ4v) is 3.82. The Balaban J connectivity index is 1.69. The zero-order valence-electron chi connectivity index (χ0n) is 31.3. The number of hydrogen-bond donors (Lipinski definition) is 1. The van der Waals surface area contributed by atoms with Gasteiger partial charge in [-0.3, -0.25) is 0 Å². The maximum Gasteiger partial charge on any atom is 0.338 e. The molecule has 0 aliphatic carbocycles. The number of rotatable bonds is 40. The van der Waals surface area contributed by atoms with Gasteiger partial charge in [-0.25, -0.2) is 9.59 Å². The van der Waals surface area contributed by atoms with Gasteiger partial charge in [0.2, 0.25) is 0 Å². The van der Waals surface area contributed by atoms with Crippen molar-refractivity contribution in [2.75, 3.05) is 171 Å². The predicted molar refractivity (Wildman–Crippen MR) is 191 cm³/mol. The van der Waals surface area contributed by atoms with Crippen molar-refractivity contribution >= 4 is 17.6 Å². The van der Waals surface area contributed by atoms with E-state index in [4.69, 9.17) is 56.8 Å². The molecule has 302 valence electrons. The summed E-state index contributed by atoms with van der Waals surface area (Å²) in [6.07, 6.45) is 2.24. The molecule has 1 rings (SSSR count). The van der Waals surface area contributed by atoms with Crippen LogP contribution < -0.4 is 5.32 Å². The van der Waals surface area contributed by atoms with Crippen molar-refractivity contribution < 1.29 is 71.2 Å². The average Bonchev–Trinajstić information content (AvgIpc) is 3.16. The highest BCUT2D eigenvalue weighted by molar-refractivity contribution is 5.89. The number of nitrogens with one attached hydrogen (secondary N) is 1. The number of carbonyl (C=O) groups excluding carboxylic acids is 2. The van der Waals surface area contributed by atoms with Crippen LogP contribution in [0.4, 0.5) is 5.69 Å². The van der Waals surface area contributed by atoms with Crippen molar-refractivity contribution in [2.45, 2.75) is 19.8 Å². The van der Waals surface area contributed by atoms with E-state index in [1.54, 1.807) is 12.1 Å². The molecule has 0 heterocycles. The Morgan fingerprint density at radius 3 is 1.13 bits per heavy atom. The molecule has 0 amide bonds. The zero-order valence-corrected chi connectivity index (χ0v) is 31.3. The van der Waals surface area contributed by atoms with E-state index >= 15 is 0 Å². The third kappa shape index (κ3) is 32.2. The van der Waals surface area contributed by atoms with Crippen molar-refractivity contribution in [3.63, 3.8) is 0 Å². The predicted octanol–water partition coefficient (Wildman–Crippen LogP) is 2.41. The Morgan fingerprint density at radius 1 is 0.481 bits per heavy atom. The second kappa shape index (κ2) is 38.3. The molecule has 1 N–H and O–H groups in total. The van der Waals surface area contributed by atoms with Gasteiger partial charge in [-0.15, -0.1) is 0 Å². The van der Waals surface area contributed by atoms with Crippen molar-refractivity contribution in [1.82, 2.24) is 0 Å². The maximum atomic E-state index is 12.1. The van der Waals surface area contributed by atoms with Gasteiger partial charge in [-0.05, 0) is 30.7 Å². The number of hydrogen-bond acceptors (Lipinski definition) is 16. The summed E-state index contributed by atoms with van der Waals surface area (Å²) >= 11 is 0. The lowest BCUT2D eigenvalue weighted by Crippen LogP contribution is -2.16. The molecule has 16 heteroatoms. The van der Waals surface area contributed by atoms with Gasteiger partial charge in [0, 0.05) is 12.2 Å². The molecule has 0 radical (unpaired) electrons. The standard InChI is InChI=1S/C36H63NO15/c1-3-4-9-37-34-7-5-33(6-8-34)36(39)52-31-30-50-27-26-48-23-22-46-19-18-44-15-14-42-11-10-41-12-13-43-16-17-45-20-21-47-24-25-49-28-29-51-32-35(38)40-2/h5-8,37H,3-4,9-32H2,1-2H3. The fraction of sp³-hybridized carbons (Fsp3) is 0.778. The van der Waals surface area contributed by atoms with E-state index in [1.807, 2.05) is 12.1 Å². The fourth-order valence-electron chi connectivity index (χ4n) is 3.82. The van der Waals surface area contributed by atoms with Gasteiger partial charge < -0.3 is 66.9 Å². The molecule has 0 unspecified atom stereocenters. The summed E-state index contributed by atoms with van der Waals surface area (Å²) in [5.41, 5.74) is 1.51. The molecule has 0 aliphatic rings. The number of ether oxygens (including phenoxy) is 13. The second-order valence-electron chi connectivity index (χ2n) is 10.7. The van der Waals surface area contributed by atoms with Crippen molar-refractivity contribution in [1.29, 1.82) is 0 Å². The topological polar surface area (TPSA) is 166 Å². The summed E-state index contributed by atoms with van der Waals surface area (Å²) in [5, 5.41) is 3.31. The van der Waals surface area contributed by atoms with Crippen LogP contribution in [-0.2, 0) is 66.4 Å². The van der Waals surface area contributed by atoms with Crippen LogP contribution in [0.1, 0.15) is 30.1 Å². The average molecular weight is 750 g/mol. The summed E-state index contributed by atoms with van der Waals surface area (Å²) in [7, 11) is 1.31. The van der Waals surface area contributed by atoms with Crippen LogP contribution in [0.15, 0.2) is 24.3 Å². The lowest BCUT2D eigenvalue weighted by molar-refractivity contribution is -0.146. The summed E-state index contributed by atoms with van der Waals surface area (Å²) < 4.78 is 69.2. The first-order chi connectivity index (χ1) is 25.7. The first-order valence-electron chi connectivity index (χ1n) is 18.1. The van der Waals surface area contributed by atoms with E-state index in [9.17, 15) is 9.59 Å². The molecule has 0 saturated carbocycles. The Kier molecular flexibility index (Phi) is 35.0. The largest absolute Gasteiger partial charge is 0.467 e. The number of unbranched alkanes of at least 4 members (excludes halogenated alkanes) is 1. The van der Waals surface area contributed by atoms with E-state index < -0.39 is 5.97 Å². The van der Waals surface area contributed by atoms with E-state index in [1.165, 1.54) is 7.11 Å². The highest BCUT2D eigenvalue weighted by atomic mass is 16.6. The minimum Gasteiger partial charge on any atom is -0.467 e. The Labute approximate surface area is 309 Å². The van der Waals surface area contributed by atoms with Crippen molar-refractivity contribution in [3.05, 3.63) is 29.8 Å². The molecule has 52 heavy (non-hydrogen) atoms. The quantitative estimate of drug-likeness (QED) is 0.0767. The smallest absolute Gasteiger partial charge is 0.338 e. The van der Waals surface area contributed by atoms with Gasteiger partial charge in [0.25, 0.3) is 0 Å². The number of carbonyl (C=O) groups is 2. The number of anilines is 1. The first-order valence-corrected chi connectivity index (χ1v) is 18.1. The van der Waals surface area contributed by atoms with E-state index in [0.29, 0.717) is 144 Å². The molecular formula is C36H63NO15. The molecule has 1 aromatic rings. The van der Waals surface area contributed by atoms with Gasteiger partial charge in [-0.1, -0.05) is 13.3 Å². The summed E-state index contributed by atoms with van der Waals surface area (Å²) in [6, 6.07) is 7.28. The number of methoxy groups -OCH3 is 1. The molecule has 0 bridgehead atoms. The van der Waals surface area contributed by atoms with Gasteiger partial charge >= 0.3 is 11.9 Å². The third-order valence-corrected chi connectivity index (χ3v) is 6.61. The van der Waals surface area contributed by atoms with E-state index in [0.717, 1.165) is 25.1 Å². The number of benzene rings is 1. The second-order valence-corrected chi connectivity index (χ2v) is 10.7. The van der Waals surface area contributed by atoms with E-state index in [2.05, 4.69) is 17.0 Å². The normalized spacial score (nSPS) is 11.2. The SMILES string of the molecule is CCCCNc1ccc(C(=O)OCCOCCOCCOCCOCCOCCOCCOCCOCCOCCOCCOCC(=O)OC)cc1. The summed E-state index contributed by atoms with van der Waals surface area (Å²) in [4.78, 5) is 23.0. The Bertz CT molecular complexity index is 926. The van der Waals surface area contributed by atoms with Crippen LogP contribution in [0.5, 0.6) is 0 Å². The lowest BCUT2D eigenvalue weighted by Gasteiger charge is -2.09. The maximum absolute atomic E-state index is 12.1. The van der Waals surface area contributed by atoms with Crippen LogP contribution in [-0.4, -0.2) is 178 Å². The third-order valence-electron chi connectivity index (χ3n) is 6.61. The highest BCUT2D eigenvalue weighted by Crippen LogP contribution is 2.11. The van der Waals surface area contributed by atoms with Crippen LogP contribution in [0.25, 0.3) is 0 Å². The van der Waals surface area contributed by atoms with Crippen LogP contribution >= 0.6 is 0 Å². The van der Waals surface area contributed by atoms with Crippen LogP contribution in [0.3, 0.4) is 0 Å². The molecule has 0 saturated heterocycles. The van der Waals surface area contributed by atoms with Gasteiger partial charge in [-0.2, -0.15) is 0 Å². The highest BCUT2D eigenvalue weighted by Gasteiger charge is 2.07. The monoisotopic (exact) mass is 749 g/mol. The lowest BCUT2D eigenvalue weighted by atomic mass is 10.2. The van der Waals surface area contributed by atoms with Crippen molar-refractivity contribution in [2.24, 2.45) is 0 Å². The minimum absolute atomic E-state index is 0.0754. The summed E-state index contributed by atoms with van der Waals surface area (Å²) in [5.74, 6) is -0.777. The first kappa shape index (κ1) is 47.5. The van der Waals surface area contributed by atoms with Gasteiger partial charge in [0.1, 0.15) is 13.2 Å². The van der Waals surface area contributed by atoms with Crippen LogP contribution in [0.2, 0.25) is 0 Å². The van der Waals surface area contributed by atoms with Crippen LogP contribution in [0, 0.1) is 0 Å². The van der Waals surface area contributed by atoms with Gasteiger partial charge in [0.05, 0.1) is 151 Å². The van der Waals surface area contributed by atoms with E-state index in [-0.39, 0.29) is 19.2 Å². The molecule has 1 aromatic carbocycles. The Morgan fingerprint density at radius 2 is 0.808 bits per heavy atom. The van der Waals surface area contributed by atoms with Crippen molar-refractivity contribution in [3.8, 4) is 0 Å². The minimum atomic E-state index is -0.412. The zero-order chi connectivity index (χ0) is 37.4. The molecule has 0 aromatic heterocycles. The molecule has 0 atom stereocenters. The summed E-state index contributed by atoms with van der Waals surface area (Å²) in [6.45, 7) is 12.6.